The molecule has 1 aliphatic rings. The van der Waals surface area contributed by atoms with Gasteiger partial charge in [-0.3, -0.25) is 9.78 Å². The molecule has 0 aliphatic carbocycles. The smallest absolute Gasteiger partial charge is 0.270 e. The fraction of sp³-hybridized carbons (Fsp3) is 0.333. The third kappa shape index (κ3) is 3.92. The molecule has 2 N–H and O–H groups in total. The summed E-state index contributed by atoms with van der Waals surface area (Å²) in [4.78, 5) is 22.8. The van der Waals surface area contributed by atoms with Gasteiger partial charge in [0, 0.05) is 31.5 Å². The van der Waals surface area contributed by atoms with E-state index in [1.54, 1.807) is 30.5 Å². The van der Waals surface area contributed by atoms with Gasteiger partial charge in [-0.05, 0) is 42.7 Å². The van der Waals surface area contributed by atoms with Crippen LogP contribution in [0.15, 0.2) is 36.7 Å². The van der Waals surface area contributed by atoms with Gasteiger partial charge in [0.05, 0.1) is 12.2 Å². The summed E-state index contributed by atoms with van der Waals surface area (Å²) in [7, 11) is 0. The molecule has 128 valence electrons. The standard InChI is InChI=1S/C18H19N5O2/c19-11-14-2-1-6-21-17(14)23-8-4-15(5-9-23)22-18(25)16-10-13(12-24)3-7-20-16/h1-3,6-7,10,15,24H,4-5,8-9,12H2,(H,22,25). The Morgan fingerprint density at radius 3 is 2.84 bits per heavy atom. The molecule has 0 unspecified atom stereocenters. The lowest BCUT2D eigenvalue weighted by molar-refractivity contribution is 0.0926. The minimum atomic E-state index is -0.232. The van der Waals surface area contributed by atoms with Gasteiger partial charge in [0.15, 0.2) is 0 Å². The normalized spacial score (nSPS) is 14.8. The number of pyridine rings is 2. The first-order chi connectivity index (χ1) is 12.2. The van der Waals surface area contributed by atoms with Gasteiger partial charge in [-0.1, -0.05) is 0 Å². The van der Waals surface area contributed by atoms with E-state index < -0.39 is 0 Å². The van der Waals surface area contributed by atoms with E-state index >= 15 is 0 Å². The number of carbonyl (C=O) groups excluding carboxylic acids is 1. The van der Waals surface area contributed by atoms with Crippen LogP contribution in [0.1, 0.15) is 34.5 Å². The summed E-state index contributed by atoms with van der Waals surface area (Å²) in [6.07, 6.45) is 4.75. The predicted octanol–water partition coefficient (Wildman–Crippen LogP) is 1.24. The van der Waals surface area contributed by atoms with Gasteiger partial charge in [-0.15, -0.1) is 0 Å². The van der Waals surface area contributed by atoms with E-state index in [0.717, 1.165) is 25.9 Å². The molecule has 0 aromatic carbocycles. The maximum atomic E-state index is 12.3. The zero-order valence-corrected chi connectivity index (χ0v) is 13.7. The number of aromatic nitrogens is 2. The fourth-order valence-electron chi connectivity index (χ4n) is 2.93. The number of piperidine rings is 1. The van der Waals surface area contributed by atoms with Crippen molar-refractivity contribution < 1.29 is 9.90 Å². The lowest BCUT2D eigenvalue weighted by Gasteiger charge is -2.33. The minimum Gasteiger partial charge on any atom is -0.392 e. The van der Waals surface area contributed by atoms with E-state index in [0.29, 0.717) is 22.6 Å². The van der Waals surface area contributed by atoms with Crippen molar-refractivity contribution in [1.82, 2.24) is 15.3 Å². The molecular weight excluding hydrogens is 318 g/mol. The summed E-state index contributed by atoms with van der Waals surface area (Å²) in [6.45, 7) is 1.33. The number of nitriles is 1. The third-order valence-corrected chi connectivity index (χ3v) is 4.28. The number of aliphatic hydroxyl groups excluding tert-OH is 1. The number of rotatable bonds is 4. The van der Waals surface area contributed by atoms with Crippen LogP contribution in [0.4, 0.5) is 5.82 Å². The molecule has 2 aromatic heterocycles. The third-order valence-electron chi connectivity index (χ3n) is 4.28. The van der Waals surface area contributed by atoms with Gasteiger partial charge in [-0.2, -0.15) is 5.26 Å². The van der Waals surface area contributed by atoms with Crippen molar-refractivity contribution in [2.75, 3.05) is 18.0 Å². The number of anilines is 1. The molecule has 7 heteroatoms. The molecule has 1 saturated heterocycles. The van der Waals surface area contributed by atoms with E-state index in [4.69, 9.17) is 5.11 Å². The number of carbonyl (C=O) groups is 1. The summed E-state index contributed by atoms with van der Waals surface area (Å²) < 4.78 is 0. The van der Waals surface area contributed by atoms with Gasteiger partial charge >= 0.3 is 0 Å². The molecule has 2 aromatic rings. The fourth-order valence-corrected chi connectivity index (χ4v) is 2.93. The van der Waals surface area contributed by atoms with Gasteiger partial charge in [0.1, 0.15) is 17.6 Å². The summed E-state index contributed by atoms with van der Waals surface area (Å²) in [5.74, 6) is 0.469. The van der Waals surface area contributed by atoms with Crippen LogP contribution in [0.5, 0.6) is 0 Å². The van der Waals surface area contributed by atoms with Gasteiger partial charge < -0.3 is 15.3 Å². The van der Waals surface area contributed by atoms with Gasteiger partial charge in [0.25, 0.3) is 5.91 Å². The van der Waals surface area contributed by atoms with Crippen molar-refractivity contribution in [2.45, 2.75) is 25.5 Å². The summed E-state index contributed by atoms with van der Waals surface area (Å²) in [5.41, 5.74) is 1.54. The average molecular weight is 337 g/mol. The molecule has 7 nitrogen and oxygen atoms in total. The number of nitrogens with zero attached hydrogens (tertiary/aromatic N) is 4. The Hall–Kier alpha value is -2.98. The number of nitrogens with one attached hydrogen (secondary N) is 1. The SMILES string of the molecule is N#Cc1cccnc1N1CCC(NC(=O)c2cc(CO)ccn2)CC1. The Bertz CT molecular complexity index is 794. The van der Waals surface area contributed by atoms with Crippen LogP contribution in [0.3, 0.4) is 0 Å². The topological polar surface area (TPSA) is 102 Å². The van der Waals surface area contributed by atoms with E-state index in [-0.39, 0.29) is 18.6 Å². The minimum absolute atomic E-state index is 0.0533. The monoisotopic (exact) mass is 337 g/mol. The van der Waals surface area contributed by atoms with Crippen LogP contribution >= 0.6 is 0 Å². The van der Waals surface area contributed by atoms with Crippen molar-refractivity contribution in [3.63, 3.8) is 0 Å². The molecule has 25 heavy (non-hydrogen) atoms. The van der Waals surface area contributed by atoms with Gasteiger partial charge in [0.2, 0.25) is 0 Å². The Balaban J connectivity index is 1.59. The first-order valence-electron chi connectivity index (χ1n) is 8.18. The maximum absolute atomic E-state index is 12.3. The Morgan fingerprint density at radius 1 is 1.32 bits per heavy atom. The molecule has 0 saturated carbocycles. The quantitative estimate of drug-likeness (QED) is 0.870. The van der Waals surface area contributed by atoms with Crippen molar-refractivity contribution >= 4 is 11.7 Å². The van der Waals surface area contributed by atoms with E-state index in [2.05, 4.69) is 26.3 Å². The number of hydrogen-bond acceptors (Lipinski definition) is 6. The number of amides is 1. The molecule has 0 atom stereocenters. The second-order valence-corrected chi connectivity index (χ2v) is 5.93. The summed E-state index contributed by atoms with van der Waals surface area (Å²) in [6, 6.07) is 9.00. The molecular formula is C18H19N5O2. The summed E-state index contributed by atoms with van der Waals surface area (Å²) in [5, 5.41) is 21.3. The van der Waals surface area contributed by atoms with Crippen molar-refractivity contribution in [3.8, 4) is 6.07 Å². The molecule has 3 rings (SSSR count). The number of hydrogen-bond donors (Lipinski definition) is 2. The molecule has 0 bridgehead atoms. The van der Waals surface area contributed by atoms with Crippen LogP contribution in [0, 0.1) is 11.3 Å². The lowest BCUT2D eigenvalue weighted by atomic mass is 10.0. The molecule has 3 heterocycles. The maximum Gasteiger partial charge on any atom is 0.270 e. The van der Waals surface area contributed by atoms with Gasteiger partial charge in [-0.25, -0.2) is 4.98 Å². The molecule has 0 spiro atoms. The second-order valence-electron chi connectivity index (χ2n) is 5.93. The zero-order valence-electron chi connectivity index (χ0n) is 13.7. The van der Waals surface area contributed by atoms with Crippen LogP contribution in [-0.4, -0.2) is 40.1 Å². The second kappa shape index (κ2) is 7.73. The molecule has 1 fully saturated rings. The van der Waals surface area contributed by atoms with Crippen LogP contribution in [-0.2, 0) is 6.61 Å². The van der Waals surface area contributed by atoms with E-state index in [9.17, 15) is 10.1 Å². The average Bonchev–Trinajstić information content (AvgIpc) is 2.68. The Morgan fingerprint density at radius 2 is 2.12 bits per heavy atom. The van der Waals surface area contributed by atoms with Crippen LogP contribution in [0.2, 0.25) is 0 Å². The van der Waals surface area contributed by atoms with Crippen molar-refractivity contribution in [1.29, 1.82) is 5.26 Å². The highest BCUT2D eigenvalue weighted by Crippen LogP contribution is 2.21. The lowest BCUT2D eigenvalue weighted by Crippen LogP contribution is -2.45. The molecule has 1 aliphatic heterocycles. The highest BCUT2D eigenvalue weighted by molar-refractivity contribution is 5.92. The van der Waals surface area contributed by atoms with E-state index in [1.165, 1.54) is 6.20 Å². The van der Waals surface area contributed by atoms with Crippen LogP contribution in [0.25, 0.3) is 0 Å². The largest absolute Gasteiger partial charge is 0.392 e. The Labute approximate surface area is 145 Å². The molecule has 1 amide bonds. The highest BCUT2D eigenvalue weighted by Gasteiger charge is 2.23. The summed E-state index contributed by atoms with van der Waals surface area (Å²) >= 11 is 0. The van der Waals surface area contributed by atoms with E-state index in [1.807, 2.05) is 0 Å². The Kier molecular flexibility index (Phi) is 5.21. The number of aliphatic hydroxyl groups is 1. The first-order valence-corrected chi connectivity index (χ1v) is 8.18. The van der Waals surface area contributed by atoms with Crippen LogP contribution < -0.4 is 10.2 Å². The van der Waals surface area contributed by atoms with Crippen molar-refractivity contribution in [3.05, 3.63) is 53.5 Å². The highest BCUT2D eigenvalue weighted by atomic mass is 16.3. The first kappa shape index (κ1) is 16.9. The predicted molar refractivity (Wildman–Crippen MR) is 91.8 cm³/mol. The molecule has 0 radical (unpaired) electrons. The zero-order chi connectivity index (χ0) is 17.6. The van der Waals surface area contributed by atoms with Crippen molar-refractivity contribution in [2.24, 2.45) is 0 Å².